The summed E-state index contributed by atoms with van der Waals surface area (Å²) in [5.41, 5.74) is 6.38. The van der Waals surface area contributed by atoms with Crippen LogP contribution in [0.5, 0.6) is 0 Å². The number of anilines is 1. The fourth-order valence-electron chi connectivity index (χ4n) is 1.09. The predicted octanol–water partition coefficient (Wildman–Crippen LogP) is 3.26. The summed E-state index contributed by atoms with van der Waals surface area (Å²) in [6, 6.07) is 4.54. The molecule has 0 aliphatic heterocycles. The Morgan fingerprint density at radius 1 is 1.31 bits per heavy atom. The number of rotatable bonds is 1. The molecule has 0 unspecified atom stereocenters. The van der Waals surface area contributed by atoms with Gasteiger partial charge in [-0.1, -0.05) is 13.8 Å². The van der Waals surface area contributed by atoms with E-state index in [0.29, 0.717) is 5.82 Å². The first kappa shape index (κ1) is 12.6. The number of hydrogen-bond acceptors (Lipinski definition) is 4. The van der Waals surface area contributed by atoms with Crippen molar-refractivity contribution in [2.45, 2.75) is 20.8 Å². The molecule has 16 heavy (non-hydrogen) atoms. The quantitative estimate of drug-likeness (QED) is 0.777. The van der Waals surface area contributed by atoms with Gasteiger partial charge in [0, 0.05) is 5.56 Å². The largest absolute Gasteiger partial charge is 0.396 e. The van der Waals surface area contributed by atoms with Crippen LogP contribution in [0.2, 0.25) is 0 Å². The molecule has 2 N–H and O–H groups in total. The Morgan fingerprint density at radius 2 is 2.00 bits per heavy atom. The molecule has 5 heteroatoms. The Balaban J connectivity index is 0.000000606. The molecule has 3 nitrogen and oxygen atoms in total. The van der Waals surface area contributed by atoms with E-state index in [2.05, 4.69) is 9.36 Å². The van der Waals surface area contributed by atoms with E-state index in [1.54, 1.807) is 12.1 Å². The van der Waals surface area contributed by atoms with Gasteiger partial charge >= 0.3 is 0 Å². The third-order valence-corrected chi connectivity index (χ3v) is 2.63. The molecule has 0 saturated carbocycles. The minimum Gasteiger partial charge on any atom is -0.396 e. The minimum atomic E-state index is -0.407. The summed E-state index contributed by atoms with van der Waals surface area (Å²) in [6.45, 7) is 5.81. The Hall–Kier alpha value is -1.49. The molecule has 0 spiro atoms. The molecule has 0 bridgehead atoms. The first-order valence-electron chi connectivity index (χ1n) is 5.02. The van der Waals surface area contributed by atoms with Crippen LogP contribution in [-0.4, -0.2) is 9.36 Å². The molecule has 2 rings (SSSR count). The van der Waals surface area contributed by atoms with Crippen molar-refractivity contribution in [3.05, 3.63) is 29.8 Å². The number of nitrogen functional groups attached to an aromatic ring is 1. The smallest absolute Gasteiger partial charge is 0.146 e. The van der Waals surface area contributed by atoms with Gasteiger partial charge in [-0.05, 0) is 36.7 Å². The van der Waals surface area contributed by atoms with Crippen molar-refractivity contribution in [2.24, 2.45) is 0 Å². The third-order valence-electron chi connectivity index (χ3n) is 1.77. The van der Waals surface area contributed by atoms with Gasteiger partial charge in [0.1, 0.15) is 16.6 Å². The van der Waals surface area contributed by atoms with Crippen molar-refractivity contribution in [1.82, 2.24) is 9.36 Å². The molecule has 0 amide bonds. The van der Waals surface area contributed by atoms with Crippen molar-refractivity contribution in [3.63, 3.8) is 0 Å². The van der Waals surface area contributed by atoms with E-state index in [4.69, 9.17) is 5.73 Å². The Kier molecular flexibility index (Phi) is 4.37. The summed E-state index contributed by atoms with van der Waals surface area (Å²) >= 11 is 1.28. The normalized spacial score (nSPS) is 9.50. The number of nitrogens with zero attached hydrogens (tertiary/aromatic N) is 2. The standard InChI is InChI=1S/C9H8FN3S.C2H6/c1-5-12-9(14-13-5)6-2-3-7(10)8(11)4-6;1-2/h2-4H,11H2,1H3;1-2H3. The molecule has 0 fully saturated rings. The van der Waals surface area contributed by atoms with Gasteiger partial charge in [-0.25, -0.2) is 9.37 Å². The lowest BCUT2D eigenvalue weighted by atomic mass is 10.2. The number of hydrogen-bond donors (Lipinski definition) is 1. The SMILES string of the molecule is CC.Cc1nsc(-c2ccc(F)c(N)c2)n1. The molecule has 86 valence electrons. The van der Waals surface area contributed by atoms with E-state index in [9.17, 15) is 4.39 Å². The van der Waals surface area contributed by atoms with Crippen LogP contribution in [0.4, 0.5) is 10.1 Å². The molecule has 0 radical (unpaired) electrons. The van der Waals surface area contributed by atoms with Gasteiger partial charge in [-0.15, -0.1) is 0 Å². The van der Waals surface area contributed by atoms with E-state index in [1.165, 1.54) is 17.6 Å². The van der Waals surface area contributed by atoms with Gasteiger partial charge in [-0.3, -0.25) is 0 Å². The van der Waals surface area contributed by atoms with Crippen LogP contribution in [0.1, 0.15) is 19.7 Å². The monoisotopic (exact) mass is 239 g/mol. The van der Waals surface area contributed by atoms with Crippen LogP contribution in [0.3, 0.4) is 0 Å². The second-order valence-electron chi connectivity index (χ2n) is 2.88. The Labute approximate surface area is 98.3 Å². The molecule has 0 atom stereocenters. The molecule has 0 aliphatic rings. The lowest BCUT2D eigenvalue weighted by Crippen LogP contribution is -1.90. The maximum absolute atomic E-state index is 12.9. The Bertz CT molecular complexity index is 468. The number of nitrogens with two attached hydrogens (primary N) is 1. The molecule has 0 aliphatic carbocycles. The molecule has 1 heterocycles. The van der Waals surface area contributed by atoms with Gasteiger partial charge < -0.3 is 5.73 Å². The fourth-order valence-corrected chi connectivity index (χ4v) is 1.76. The topological polar surface area (TPSA) is 51.8 Å². The van der Waals surface area contributed by atoms with Crippen LogP contribution in [-0.2, 0) is 0 Å². The molecule has 2 aromatic rings. The fraction of sp³-hybridized carbons (Fsp3) is 0.273. The number of aryl methyl sites for hydroxylation is 1. The first-order valence-corrected chi connectivity index (χ1v) is 5.80. The van der Waals surface area contributed by atoms with Crippen LogP contribution < -0.4 is 5.73 Å². The maximum Gasteiger partial charge on any atom is 0.146 e. The number of halogens is 1. The van der Waals surface area contributed by atoms with Gasteiger partial charge in [0.2, 0.25) is 0 Å². The van der Waals surface area contributed by atoms with E-state index < -0.39 is 5.82 Å². The average Bonchev–Trinajstić information content (AvgIpc) is 2.72. The lowest BCUT2D eigenvalue weighted by Gasteiger charge is -1.98. The lowest BCUT2D eigenvalue weighted by molar-refractivity contribution is 0.632. The highest BCUT2D eigenvalue weighted by atomic mass is 32.1. The zero-order valence-corrected chi connectivity index (χ0v) is 10.3. The van der Waals surface area contributed by atoms with Crippen molar-refractivity contribution in [2.75, 3.05) is 5.73 Å². The van der Waals surface area contributed by atoms with E-state index in [-0.39, 0.29) is 5.69 Å². The molecule has 0 saturated heterocycles. The molecule has 1 aromatic heterocycles. The van der Waals surface area contributed by atoms with Gasteiger partial charge in [0.25, 0.3) is 0 Å². The van der Waals surface area contributed by atoms with E-state index in [1.807, 2.05) is 20.8 Å². The molecular formula is C11H14FN3S. The predicted molar refractivity (Wildman–Crippen MR) is 65.8 cm³/mol. The Morgan fingerprint density at radius 3 is 2.50 bits per heavy atom. The summed E-state index contributed by atoms with van der Waals surface area (Å²) in [7, 11) is 0. The number of benzene rings is 1. The highest BCUT2D eigenvalue weighted by Crippen LogP contribution is 2.24. The van der Waals surface area contributed by atoms with Crippen molar-refractivity contribution in [1.29, 1.82) is 0 Å². The minimum absolute atomic E-state index is 0.135. The first-order chi connectivity index (χ1) is 7.66. The molecular weight excluding hydrogens is 225 g/mol. The molecule has 1 aromatic carbocycles. The van der Waals surface area contributed by atoms with Crippen LogP contribution in [0.25, 0.3) is 10.6 Å². The van der Waals surface area contributed by atoms with E-state index in [0.717, 1.165) is 10.6 Å². The van der Waals surface area contributed by atoms with Crippen molar-refractivity contribution >= 4 is 17.2 Å². The second kappa shape index (κ2) is 5.55. The summed E-state index contributed by atoms with van der Waals surface area (Å²) in [5.74, 6) is 0.308. The van der Waals surface area contributed by atoms with Gasteiger partial charge in [0.15, 0.2) is 0 Å². The zero-order chi connectivity index (χ0) is 12.1. The van der Waals surface area contributed by atoms with Gasteiger partial charge in [-0.2, -0.15) is 4.37 Å². The van der Waals surface area contributed by atoms with Crippen LogP contribution in [0.15, 0.2) is 18.2 Å². The van der Waals surface area contributed by atoms with Gasteiger partial charge in [0.05, 0.1) is 5.69 Å². The summed E-state index contributed by atoms with van der Waals surface area (Å²) < 4.78 is 16.9. The maximum atomic E-state index is 12.9. The van der Waals surface area contributed by atoms with Crippen molar-refractivity contribution in [3.8, 4) is 10.6 Å². The average molecular weight is 239 g/mol. The van der Waals surface area contributed by atoms with E-state index >= 15 is 0 Å². The van der Waals surface area contributed by atoms with Crippen LogP contribution >= 0.6 is 11.5 Å². The second-order valence-corrected chi connectivity index (χ2v) is 3.63. The number of aromatic nitrogens is 2. The van der Waals surface area contributed by atoms with Crippen LogP contribution in [0, 0.1) is 12.7 Å². The third kappa shape index (κ3) is 2.76. The van der Waals surface area contributed by atoms with Crippen molar-refractivity contribution < 1.29 is 4.39 Å². The summed E-state index contributed by atoms with van der Waals surface area (Å²) in [6.07, 6.45) is 0. The summed E-state index contributed by atoms with van der Waals surface area (Å²) in [5, 5.41) is 0.759. The summed E-state index contributed by atoms with van der Waals surface area (Å²) in [4.78, 5) is 4.18. The highest BCUT2D eigenvalue weighted by molar-refractivity contribution is 7.09. The highest BCUT2D eigenvalue weighted by Gasteiger charge is 2.06. The zero-order valence-electron chi connectivity index (χ0n) is 9.49.